The van der Waals surface area contributed by atoms with Crippen LogP contribution in [0.15, 0.2) is 46.6 Å². The highest BCUT2D eigenvalue weighted by molar-refractivity contribution is 7.89. The van der Waals surface area contributed by atoms with Crippen LogP contribution in [0.2, 0.25) is 0 Å². The Kier molecular flexibility index (Phi) is 4.45. The van der Waals surface area contributed by atoms with Crippen LogP contribution in [0.5, 0.6) is 0 Å². The predicted molar refractivity (Wildman–Crippen MR) is 100 cm³/mol. The minimum Gasteiger partial charge on any atom is -0.381 e. The molecule has 0 saturated carbocycles. The van der Waals surface area contributed by atoms with Crippen molar-refractivity contribution in [2.75, 3.05) is 26.3 Å². The molecule has 1 atom stereocenters. The number of ether oxygens (including phenoxy) is 1. The Balaban J connectivity index is 1.50. The molecule has 152 valence electrons. The number of sulfonamides is 1. The molecule has 5 rings (SSSR count). The van der Waals surface area contributed by atoms with Crippen molar-refractivity contribution in [2.24, 2.45) is 5.41 Å². The Morgan fingerprint density at radius 3 is 2.79 bits per heavy atom. The Hall–Kier alpha value is -2.63. The van der Waals surface area contributed by atoms with Crippen molar-refractivity contribution in [3.63, 3.8) is 0 Å². The van der Waals surface area contributed by atoms with Crippen molar-refractivity contribution in [1.82, 2.24) is 29.4 Å². The molecule has 3 aromatic heterocycles. The van der Waals surface area contributed by atoms with Crippen LogP contribution in [0, 0.1) is 5.41 Å². The first-order chi connectivity index (χ1) is 14.1. The molecule has 0 amide bonds. The fourth-order valence-corrected chi connectivity index (χ4v) is 5.69. The van der Waals surface area contributed by atoms with Crippen LogP contribution in [0.4, 0.5) is 0 Å². The van der Waals surface area contributed by atoms with Gasteiger partial charge in [-0.05, 0) is 25.0 Å². The van der Waals surface area contributed by atoms with Crippen molar-refractivity contribution in [2.45, 2.75) is 23.8 Å². The minimum atomic E-state index is -3.68. The first kappa shape index (κ1) is 18.4. The minimum absolute atomic E-state index is 0.0851. The van der Waals surface area contributed by atoms with Gasteiger partial charge in [0.25, 0.3) is 10.0 Å². The summed E-state index contributed by atoms with van der Waals surface area (Å²) in [7, 11) is -3.68. The first-order valence-corrected chi connectivity index (χ1v) is 10.8. The molecule has 0 bridgehead atoms. The Morgan fingerprint density at radius 2 is 2.07 bits per heavy atom. The van der Waals surface area contributed by atoms with E-state index in [4.69, 9.17) is 9.26 Å². The highest BCUT2D eigenvalue weighted by Gasteiger charge is 2.53. The topological polar surface area (TPSA) is 127 Å². The summed E-state index contributed by atoms with van der Waals surface area (Å²) in [4.78, 5) is 15.2. The van der Waals surface area contributed by atoms with Gasteiger partial charge >= 0.3 is 0 Å². The van der Waals surface area contributed by atoms with Gasteiger partial charge in [0, 0.05) is 49.7 Å². The van der Waals surface area contributed by atoms with E-state index in [0.29, 0.717) is 31.5 Å². The van der Waals surface area contributed by atoms with E-state index in [-0.39, 0.29) is 22.9 Å². The van der Waals surface area contributed by atoms with Gasteiger partial charge in [0.05, 0.1) is 18.4 Å². The third kappa shape index (κ3) is 3.15. The zero-order valence-electron chi connectivity index (χ0n) is 15.6. The van der Waals surface area contributed by atoms with Gasteiger partial charge in [-0.2, -0.15) is 9.29 Å². The van der Waals surface area contributed by atoms with E-state index in [9.17, 15) is 8.42 Å². The molecular formula is C18H20N6O4S. The van der Waals surface area contributed by atoms with E-state index < -0.39 is 10.0 Å². The molecule has 0 unspecified atom stereocenters. The Labute approximate surface area is 167 Å². The average molecular weight is 416 g/mol. The SMILES string of the molecule is O=S(=O)(c1cnc[nH]1)N1C[C@H](c2nc(-c3cccnc3)no2)C2(CCOCC2)C1. The number of rotatable bonds is 4. The molecule has 5 heterocycles. The fraction of sp³-hybridized carbons (Fsp3) is 0.444. The van der Waals surface area contributed by atoms with Crippen LogP contribution < -0.4 is 0 Å². The summed E-state index contributed by atoms with van der Waals surface area (Å²) in [6.45, 7) is 1.82. The van der Waals surface area contributed by atoms with Gasteiger partial charge in [0.1, 0.15) is 0 Å². The summed E-state index contributed by atoms with van der Waals surface area (Å²) in [5.74, 6) is 0.695. The van der Waals surface area contributed by atoms with Gasteiger partial charge in [-0.3, -0.25) is 4.98 Å². The number of hydrogen-bond donors (Lipinski definition) is 1. The molecule has 29 heavy (non-hydrogen) atoms. The van der Waals surface area contributed by atoms with E-state index in [0.717, 1.165) is 18.4 Å². The highest BCUT2D eigenvalue weighted by Crippen LogP contribution is 2.50. The molecule has 1 spiro atoms. The molecule has 3 aromatic rings. The zero-order chi connectivity index (χ0) is 19.9. The summed E-state index contributed by atoms with van der Waals surface area (Å²) >= 11 is 0. The van der Waals surface area contributed by atoms with Crippen LogP contribution in [0.3, 0.4) is 0 Å². The Morgan fingerprint density at radius 1 is 1.21 bits per heavy atom. The van der Waals surface area contributed by atoms with Crippen LogP contribution >= 0.6 is 0 Å². The second-order valence-corrected chi connectivity index (χ2v) is 9.35. The average Bonchev–Trinajstić information content (AvgIpc) is 3.50. The monoisotopic (exact) mass is 416 g/mol. The second-order valence-electron chi connectivity index (χ2n) is 7.44. The molecule has 2 aliphatic rings. The zero-order valence-corrected chi connectivity index (χ0v) is 16.4. The van der Waals surface area contributed by atoms with Gasteiger partial charge in [0.15, 0.2) is 5.03 Å². The lowest BCUT2D eigenvalue weighted by molar-refractivity contribution is 0.0104. The largest absolute Gasteiger partial charge is 0.381 e. The van der Waals surface area contributed by atoms with Gasteiger partial charge in [-0.25, -0.2) is 13.4 Å². The van der Waals surface area contributed by atoms with Gasteiger partial charge in [-0.15, -0.1) is 0 Å². The lowest BCUT2D eigenvalue weighted by atomic mass is 9.72. The second kappa shape index (κ2) is 7.01. The van der Waals surface area contributed by atoms with E-state index in [1.807, 2.05) is 6.07 Å². The standard InChI is InChI=1S/C18H20N6O4S/c25-29(26,15-9-20-12-21-15)24-10-14(18(11-24)3-6-27-7-4-18)17-22-16(23-28-17)13-2-1-5-19-8-13/h1-2,5,8-9,12,14H,3-4,6-7,10-11H2,(H,20,21)/t14-/m1/s1. The number of H-pyrrole nitrogens is 1. The number of aromatic amines is 1. The number of nitrogens with one attached hydrogen (secondary N) is 1. The normalized spacial score (nSPS) is 22.3. The third-order valence-electron chi connectivity index (χ3n) is 5.86. The molecule has 0 radical (unpaired) electrons. The first-order valence-electron chi connectivity index (χ1n) is 9.39. The van der Waals surface area contributed by atoms with Crippen molar-refractivity contribution in [1.29, 1.82) is 0 Å². The quantitative estimate of drug-likeness (QED) is 0.677. The van der Waals surface area contributed by atoms with Crippen molar-refractivity contribution < 1.29 is 17.7 Å². The van der Waals surface area contributed by atoms with E-state index >= 15 is 0 Å². The summed E-state index contributed by atoms with van der Waals surface area (Å²) in [5.41, 5.74) is 0.452. The highest BCUT2D eigenvalue weighted by atomic mass is 32.2. The number of aromatic nitrogens is 5. The smallest absolute Gasteiger partial charge is 0.260 e. The molecule has 0 aliphatic carbocycles. The van der Waals surface area contributed by atoms with Gasteiger partial charge in [-0.1, -0.05) is 5.16 Å². The number of nitrogens with zero attached hydrogens (tertiary/aromatic N) is 5. The van der Waals surface area contributed by atoms with E-state index in [1.54, 1.807) is 18.5 Å². The van der Waals surface area contributed by atoms with Crippen LogP contribution in [-0.2, 0) is 14.8 Å². The maximum atomic E-state index is 13.1. The molecule has 10 nitrogen and oxygen atoms in total. The summed E-state index contributed by atoms with van der Waals surface area (Å²) in [6.07, 6.45) is 7.50. The summed E-state index contributed by atoms with van der Waals surface area (Å²) in [5, 5.41) is 4.19. The van der Waals surface area contributed by atoms with Crippen LogP contribution in [0.1, 0.15) is 24.7 Å². The maximum absolute atomic E-state index is 13.1. The molecule has 2 saturated heterocycles. The summed E-state index contributed by atoms with van der Waals surface area (Å²) < 4.78 is 38.8. The lowest BCUT2D eigenvalue weighted by Gasteiger charge is -2.36. The van der Waals surface area contributed by atoms with Gasteiger partial charge < -0.3 is 14.2 Å². The van der Waals surface area contributed by atoms with E-state index in [2.05, 4.69) is 25.1 Å². The number of hydrogen-bond acceptors (Lipinski definition) is 8. The third-order valence-corrected chi connectivity index (χ3v) is 7.59. The van der Waals surface area contributed by atoms with E-state index in [1.165, 1.54) is 16.8 Å². The summed E-state index contributed by atoms with van der Waals surface area (Å²) in [6, 6.07) is 3.66. The van der Waals surface area contributed by atoms with Gasteiger partial charge in [0.2, 0.25) is 11.7 Å². The fourth-order valence-electron chi connectivity index (χ4n) is 4.24. The van der Waals surface area contributed by atoms with Crippen molar-refractivity contribution in [3.05, 3.63) is 42.9 Å². The van der Waals surface area contributed by atoms with Crippen LogP contribution in [-0.4, -0.2) is 64.1 Å². The lowest BCUT2D eigenvalue weighted by Crippen LogP contribution is -2.37. The van der Waals surface area contributed by atoms with Crippen LogP contribution in [0.25, 0.3) is 11.4 Å². The predicted octanol–water partition coefficient (Wildman–Crippen LogP) is 1.44. The molecule has 0 aromatic carbocycles. The molecule has 2 aliphatic heterocycles. The van der Waals surface area contributed by atoms with Crippen molar-refractivity contribution >= 4 is 10.0 Å². The molecule has 1 N–H and O–H groups in total. The maximum Gasteiger partial charge on any atom is 0.260 e. The van der Waals surface area contributed by atoms with Crippen molar-refractivity contribution in [3.8, 4) is 11.4 Å². The molecule has 11 heteroatoms. The number of pyridine rings is 1. The number of imidazole rings is 1. The Bertz CT molecular complexity index is 1080. The molecule has 2 fully saturated rings. The molecular weight excluding hydrogens is 396 g/mol.